The van der Waals surface area contributed by atoms with Crippen molar-refractivity contribution in [2.45, 2.75) is 18.4 Å². The molecule has 2 N–H and O–H groups in total. The van der Waals surface area contributed by atoms with Crippen LogP contribution in [0.2, 0.25) is 5.02 Å². The van der Waals surface area contributed by atoms with Crippen molar-refractivity contribution in [2.24, 2.45) is 0 Å². The maximum atomic E-state index is 10.6. The molecule has 1 aliphatic rings. The third kappa shape index (κ3) is 2.78. The Hall–Kier alpha value is -2.00. The number of hydrogen-bond acceptors (Lipinski definition) is 1. The molecule has 0 radical (unpaired) electrons. The maximum Gasteiger partial charge on any atom is 0.404 e. The molecule has 2 aromatic carbocycles. The lowest BCUT2D eigenvalue weighted by Gasteiger charge is -2.05. The molecule has 0 saturated heterocycles. The minimum atomic E-state index is -0.951. The lowest BCUT2D eigenvalue weighted by Crippen LogP contribution is -2.24. The van der Waals surface area contributed by atoms with Gasteiger partial charge in [0, 0.05) is 17.0 Å². The van der Waals surface area contributed by atoms with Crippen LogP contribution in [0.15, 0.2) is 48.5 Å². The van der Waals surface area contributed by atoms with Crippen LogP contribution < -0.4 is 5.32 Å². The van der Waals surface area contributed by atoms with Crippen LogP contribution in [0.3, 0.4) is 0 Å². The van der Waals surface area contributed by atoms with Gasteiger partial charge in [0.1, 0.15) is 0 Å². The summed E-state index contributed by atoms with van der Waals surface area (Å²) in [6, 6.07) is 16.0. The molecule has 3 nitrogen and oxygen atoms in total. The lowest BCUT2D eigenvalue weighted by molar-refractivity contribution is 0.193. The zero-order chi connectivity index (χ0) is 14.1. The Balaban J connectivity index is 1.74. The second kappa shape index (κ2) is 5.17. The number of amides is 1. The molecule has 0 aliphatic heterocycles. The van der Waals surface area contributed by atoms with E-state index in [0.29, 0.717) is 5.92 Å². The highest BCUT2D eigenvalue weighted by Crippen LogP contribution is 2.41. The molecule has 2 aromatic rings. The average molecular weight is 288 g/mol. The highest BCUT2D eigenvalue weighted by Gasteiger charge is 2.39. The summed E-state index contributed by atoms with van der Waals surface area (Å²) in [5.41, 5.74) is 3.37. The van der Waals surface area contributed by atoms with Gasteiger partial charge in [-0.05, 0) is 35.2 Å². The van der Waals surface area contributed by atoms with Crippen molar-refractivity contribution >= 4 is 17.7 Å². The predicted molar refractivity (Wildman–Crippen MR) is 79.2 cm³/mol. The molecular formula is C16H14ClNO2. The van der Waals surface area contributed by atoms with Gasteiger partial charge in [-0.15, -0.1) is 0 Å². The van der Waals surface area contributed by atoms with Crippen LogP contribution in [0.1, 0.15) is 17.9 Å². The van der Waals surface area contributed by atoms with Gasteiger partial charge in [0.25, 0.3) is 0 Å². The van der Waals surface area contributed by atoms with E-state index in [1.54, 1.807) is 0 Å². The van der Waals surface area contributed by atoms with E-state index < -0.39 is 6.09 Å². The van der Waals surface area contributed by atoms with Gasteiger partial charge in [0.05, 0.1) is 0 Å². The summed E-state index contributed by atoms with van der Waals surface area (Å²) in [6.07, 6.45) is -0.0731. The molecule has 0 bridgehead atoms. The minimum absolute atomic E-state index is 0.0597. The Labute approximate surface area is 122 Å². The van der Waals surface area contributed by atoms with Gasteiger partial charge in [-0.1, -0.05) is 48.0 Å². The fourth-order valence-electron chi connectivity index (χ4n) is 2.47. The number of benzene rings is 2. The molecule has 102 valence electrons. The Kier molecular flexibility index (Phi) is 3.36. The van der Waals surface area contributed by atoms with E-state index in [0.717, 1.165) is 22.6 Å². The molecule has 1 aliphatic carbocycles. The molecule has 0 spiro atoms. The number of rotatable bonds is 3. The summed E-state index contributed by atoms with van der Waals surface area (Å²) >= 11 is 5.99. The fraction of sp³-hybridized carbons (Fsp3) is 0.188. The number of carbonyl (C=O) groups is 1. The molecule has 0 aromatic heterocycles. The van der Waals surface area contributed by atoms with Crippen molar-refractivity contribution in [3.63, 3.8) is 0 Å². The van der Waals surface area contributed by atoms with Gasteiger partial charge in [0.2, 0.25) is 0 Å². The summed E-state index contributed by atoms with van der Waals surface area (Å²) in [7, 11) is 0. The van der Waals surface area contributed by atoms with Crippen LogP contribution in [-0.2, 0) is 0 Å². The molecule has 4 heteroatoms. The maximum absolute atomic E-state index is 10.6. The van der Waals surface area contributed by atoms with Crippen molar-refractivity contribution in [1.82, 2.24) is 5.32 Å². The third-order valence-corrected chi connectivity index (χ3v) is 3.83. The van der Waals surface area contributed by atoms with Gasteiger partial charge in [0.15, 0.2) is 0 Å². The Bertz CT molecular complexity index is 639. The number of halogens is 1. The topological polar surface area (TPSA) is 49.3 Å². The monoisotopic (exact) mass is 287 g/mol. The van der Waals surface area contributed by atoms with Crippen molar-refractivity contribution in [3.8, 4) is 11.1 Å². The van der Waals surface area contributed by atoms with Crippen molar-refractivity contribution in [2.75, 3.05) is 0 Å². The molecule has 3 rings (SSSR count). The molecular weight excluding hydrogens is 274 g/mol. The van der Waals surface area contributed by atoms with E-state index in [9.17, 15) is 4.79 Å². The van der Waals surface area contributed by atoms with Gasteiger partial charge >= 0.3 is 6.09 Å². The van der Waals surface area contributed by atoms with Gasteiger partial charge in [-0.2, -0.15) is 0 Å². The van der Waals surface area contributed by atoms with Gasteiger partial charge in [-0.25, -0.2) is 4.79 Å². The first kappa shape index (κ1) is 13.0. The van der Waals surface area contributed by atoms with Crippen LogP contribution in [0.25, 0.3) is 11.1 Å². The van der Waals surface area contributed by atoms with E-state index >= 15 is 0 Å². The zero-order valence-electron chi connectivity index (χ0n) is 10.7. The molecule has 1 saturated carbocycles. The second-order valence-corrected chi connectivity index (χ2v) is 5.47. The molecule has 2 atom stereocenters. The molecule has 20 heavy (non-hydrogen) atoms. The van der Waals surface area contributed by atoms with Crippen LogP contribution in [0.4, 0.5) is 4.79 Å². The van der Waals surface area contributed by atoms with E-state index in [1.807, 2.05) is 24.3 Å². The Morgan fingerprint density at radius 2 is 1.90 bits per heavy atom. The van der Waals surface area contributed by atoms with Gasteiger partial charge < -0.3 is 10.4 Å². The number of hydrogen-bond donors (Lipinski definition) is 2. The first-order valence-corrected chi connectivity index (χ1v) is 6.86. The van der Waals surface area contributed by atoms with E-state index in [1.165, 1.54) is 5.56 Å². The smallest absolute Gasteiger partial charge is 0.404 e. The van der Waals surface area contributed by atoms with E-state index in [4.69, 9.17) is 16.7 Å². The van der Waals surface area contributed by atoms with Crippen LogP contribution >= 0.6 is 11.6 Å². The van der Waals surface area contributed by atoms with Crippen LogP contribution in [0.5, 0.6) is 0 Å². The standard InChI is InChI=1S/C16H14ClNO2/c17-13-3-1-2-12(8-13)10-4-6-11(7-5-10)14-9-15(14)18-16(19)20/h1-8,14-15,18H,9H2,(H,19,20). The number of carboxylic acid groups (broad SMARTS) is 1. The quantitative estimate of drug-likeness (QED) is 0.892. The summed E-state index contributed by atoms with van der Waals surface area (Å²) in [5, 5.41) is 11.9. The van der Waals surface area contributed by atoms with E-state index in [-0.39, 0.29) is 6.04 Å². The first-order valence-electron chi connectivity index (χ1n) is 6.49. The molecule has 2 unspecified atom stereocenters. The SMILES string of the molecule is O=C(O)NC1CC1c1ccc(-c2cccc(Cl)c2)cc1. The molecule has 0 heterocycles. The summed E-state index contributed by atoms with van der Waals surface area (Å²) < 4.78 is 0. The highest BCUT2D eigenvalue weighted by atomic mass is 35.5. The first-order chi connectivity index (χ1) is 9.63. The highest BCUT2D eigenvalue weighted by molar-refractivity contribution is 6.30. The molecule has 1 amide bonds. The van der Waals surface area contributed by atoms with Crippen molar-refractivity contribution < 1.29 is 9.90 Å². The van der Waals surface area contributed by atoms with Crippen molar-refractivity contribution in [1.29, 1.82) is 0 Å². The minimum Gasteiger partial charge on any atom is -0.465 e. The Morgan fingerprint density at radius 3 is 2.55 bits per heavy atom. The predicted octanol–water partition coefficient (Wildman–Crippen LogP) is 4.13. The third-order valence-electron chi connectivity index (χ3n) is 3.60. The largest absolute Gasteiger partial charge is 0.465 e. The lowest BCUT2D eigenvalue weighted by atomic mass is 10.0. The normalized spacial score (nSPS) is 20.4. The van der Waals surface area contributed by atoms with Crippen LogP contribution in [0, 0.1) is 0 Å². The van der Waals surface area contributed by atoms with Crippen LogP contribution in [-0.4, -0.2) is 17.2 Å². The van der Waals surface area contributed by atoms with E-state index in [2.05, 4.69) is 29.6 Å². The zero-order valence-corrected chi connectivity index (χ0v) is 11.5. The molecule has 1 fully saturated rings. The Morgan fingerprint density at radius 1 is 1.15 bits per heavy atom. The summed E-state index contributed by atoms with van der Waals surface area (Å²) in [5.74, 6) is 0.305. The second-order valence-electron chi connectivity index (χ2n) is 5.03. The summed E-state index contributed by atoms with van der Waals surface area (Å²) in [6.45, 7) is 0. The fourth-order valence-corrected chi connectivity index (χ4v) is 2.66. The average Bonchev–Trinajstić information content (AvgIpc) is 3.17. The van der Waals surface area contributed by atoms with Crippen molar-refractivity contribution in [3.05, 3.63) is 59.1 Å². The van der Waals surface area contributed by atoms with Gasteiger partial charge in [-0.3, -0.25) is 0 Å². The summed E-state index contributed by atoms with van der Waals surface area (Å²) in [4.78, 5) is 10.6. The number of nitrogens with one attached hydrogen (secondary N) is 1.